The first kappa shape index (κ1) is 22.4. The fourth-order valence-electron chi connectivity index (χ4n) is 2.90. The number of hydrogen-bond acceptors (Lipinski definition) is 6. The van der Waals surface area contributed by atoms with Crippen LogP contribution in [-0.4, -0.2) is 36.2 Å². The van der Waals surface area contributed by atoms with Crippen molar-refractivity contribution >= 4 is 34.7 Å². The van der Waals surface area contributed by atoms with E-state index in [2.05, 4.69) is 10.3 Å². The van der Waals surface area contributed by atoms with Gasteiger partial charge in [0.15, 0.2) is 0 Å². The molecule has 0 saturated carbocycles. The topological polar surface area (TPSA) is 122 Å². The Morgan fingerprint density at radius 2 is 2.07 bits per heavy atom. The van der Waals surface area contributed by atoms with Crippen molar-refractivity contribution in [2.75, 3.05) is 36.7 Å². The van der Waals surface area contributed by atoms with Gasteiger partial charge in [0.2, 0.25) is 5.91 Å². The van der Waals surface area contributed by atoms with E-state index in [4.69, 9.17) is 22.1 Å². The minimum atomic E-state index is -0.643. The third-order valence-corrected chi connectivity index (χ3v) is 4.87. The molecule has 0 fully saturated rings. The summed E-state index contributed by atoms with van der Waals surface area (Å²) >= 11 is 6.08. The zero-order valence-corrected chi connectivity index (χ0v) is 17.7. The number of hydrogen-bond donors (Lipinski definition) is 3. The Kier molecular flexibility index (Phi) is 7.33. The molecule has 4 N–H and O–H groups in total. The van der Waals surface area contributed by atoms with Gasteiger partial charge in [-0.05, 0) is 25.0 Å². The largest absolute Gasteiger partial charge is 0.495 e. The van der Waals surface area contributed by atoms with E-state index >= 15 is 0 Å². The second-order valence-electron chi connectivity index (χ2n) is 6.70. The summed E-state index contributed by atoms with van der Waals surface area (Å²) in [5.41, 5.74) is 6.17. The van der Waals surface area contributed by atoms with Crippen LogP contribution in [0.3, 0.4) is 0 Å². The minimum Gasteiger partial charge on any atom is -0.495 e. The van der Waals surface area contributed by atoms with Crippen molar-refractivity contribution in [3.63, 3.8) is 0 Å². The number of nitrogens with two attached hydrogens (primary N) is 1. The zero-order chi connectivity index (χ0) is 21.7. The quantitative estimate of drug-likeness (QED) is 0.596. The van der Waals surface area contributed by atoms with Gasteiger partial charge in [-0.25, -0.2) is 4.79 Å². The number of nitrogens with zero attached hydrogens (tertiary/aromatic N) is 2. The fraction of sp³-hybridized carbons (Fsp3) is 0.421. The molecule has 0 aliphatic rings. The van der Waals surface area contributed by atoms with Gasteiger partial charge in [0, 0.05) is 24.7 Å². The molecule has 0 saturated heterocycles. The van der Waals surface area contributed by atoms with Crippen LogP contribution in [0.2, 0.25) is 5.02 Å². The van der Waals surface area contributed by atoms with Gasteiger partial charge < -0.3 is 20.7 Å². The molecule has 0 bridgehead atoms. The number of H-pyrrole nitrogens is 1. The van der Waals surface area contributed by atoms with E-state index in [0.717, 1.165) is 18.4 Å². The molecule has 1 amide bonds. The first-order chi connectivity index (χ1) is 13.7. The number of carbonyl (C=O) groups excluding carboxylic acids is 1. The number of aromatic amines is 1. The summed E-state index contributed by atoms with van der Waals surface area (Å²) in [6, 6.07) is 3.31. The molecule has 0 atom stereocenters. The SMILES string of the molecule is CCCCn1c(N)c(N(C)CC(=O)Nc2cc(C)c(Cl)cc2OC)c(=O)[nH]c1=O. The number of rotatable bonds is 8. The summed E-state index contributed by atoms with van der Waals surface area (Å²) in [6.45, 7) is 4.01. The first-order valence-electron chi connectivity index (χ1n) is 9.17. The number of methoxy groups -OCH3 is 1. The fourth-order valence-corrected chi connectivity index (χ4v) is 3.05. The third-order valence-electron chi connectivity index (χ3n) is 4.47. The number of halogens is 1. The molecule has 9 nitrogen and oxygen atoms in total. The van der Waals surface area contributed by atoms with Gasteiger partial charge >= 0.3 is 5.69 Å². The maximum Gasteiger partial charge on any atom is 0.330 e. The monoisotopic (exact) mass is 423 g/mol. The number of carbonyl (C=O) groups is 1. The predicted octanol–water partition coefficient (Wildman–Crippen LogP) is 1.96. The van der Waals surface area contributed by atoms with E-state index in [1.807, 2.05) is 13.8 Å². The van der Waals surface area contributed by atoms with Crippen molar-refractivity contribution in [1.82, 2.24) is 9.55 Å². The molecule has 0 spiro atoms. The Morgan fingerprint density at radius 3 is 2.69 bits per heavy atom. The molecule has 2 rings (SSSR count). The molecule has 0 radical (unpaired) electrons. The maximum atomic E-state index is 12.5. The lowest BCUT2D eigenvalue weighted by atomic mass is 10.2. The molecular formula is C19H26ClN5O4. The van der Waals surface area contributed by atoms with E-state index < -0.39 is 17.2 Å². The molecular weight excluding hydrogens is 398 g/mol. The maximum absolute atomic E-state index is 12.5. The lowest BCUT2D eigenvalue weighted by molar-refractivity contribution is -0.114. The lowest BCUT2D eigenvalue weighted by Crippen LogP contribution is -2.39. The molecule has 1 aromatic carbocycles. The van der Waals surface area contributed by atoms with E-state index in [0.29, 0.717) is 23.0 Å². The number of unbranched alkanes of at least 4 members (excludes halogenated alkanes) is 1. The summed E-state index contributed by atoms with van der Waals surface area (Å²) in [4.78, 5) is 40.5. The number of aryl methyl sites for hydroxylation is 1. The molecule has 29 heavy (non-hydrogen) atoms. The highest BCUT2D eigenvalue weighted by atomic mass is 35.5. The number of amides is 1. The average molecular weight is 424 g/mol. The van der Waals surface area contributed by atoms with Crippen LogP contribution in [-0.2, 0) is 11.3 Å². The Balaban J connectivity index is 2.25. The second kappa shape index (κ2) is 9.51. The second-order valence-corrected chi connectivity index (χ2v) is 7.11. The summed E-state index contributed by atoms with van der Waals surface area (Å²) < 4.78 is 6.56. The van der Waals surface area contributed by atoms with Gasteiger partial charge in [-0.15, -0.1) is 0 Å². The van der Waals surface area contributed by atoms with E-state index in [-0.39, 0.29) is 18.1 Å². The number of nitrogen functional groups attached to an aromatic ring is 1. The Morgan fingerprint density at radius 1 is 1.38 bits per heavy atom. The minimum absolute atomic E-state index is 0.0300. The highest BCUT2D eigenvalue weighted by Gasteiger charge is 2.19. The van der Waals surface area contributed by atoms with E-state index in [1.54, 1.807) is 19.2 Å². The lowest BCUT2D eigenvalue weighted by Gasteiger charge is -2.21. The van der Waals surface area contributed by atoms with Crippen molar-refractivity contribution in [3.8, 4) is 5.75 Å². The van der Waals surface area contributed by atoms with Crippen molar-refractivity contribution in [1.29, 1.82) is 0 Å². The van der Waals surface area contributed by atoms with E-state index in [1.165, 1.54) is 16.6 Å². The van der Waals surface area contributed by atoms with Crippen molar-refractivity contribution in [3.05, 3.63) is 43.6 Å². The van der Waals surface area contributed by atoms with Crippen molar-refractivity contribution < 1.29 is 9.53 Å². The van der Waals surface area contributed by atoms with Crippen LogP contribution < -0.4 is 31.9 Å². The Bertz CT molecular complexity index is 1010. The van der Waals surface area contributed by atoms with Gasteiger partial charge in [-0.3, -0.25) is 19.1 Å². The molecule has 0 aliphatic heterocycles. The number of aromatic nitrogens is 2. The van der Waals surface area contributed by atoms with Crippen LogP contribution in [0.15, 0.2) is 21.7 Å². The van der Waals surface area contributed by atoms with Crippen LogP contribution >= 0.6 is 11.6 Å². The van der Waals surface area contributed by atoms with Crippen LogP contribution in [0.4, 0.5) is 17.2 Å². The number of likely N-dealkylation sites (N-methyl/N-ethyl adjacent to an activating group) is 1. The number of ether oxygens (including phenoxy) is 1. The van der Waals surface area contributed by atoms with Crippen molar-refractivity contribution in [2.24, 2.45) is 0 Å². The average Bonchev–Trinajstić information content (AvgIpc) is 2.63. The molecule has 1 aromatic heterocycles. The Hall–Kier alpha value is -2.94. The predicted molar refractivity (Wildman–Crippen MR) is 115 cm³/mol. The highest BCUT2D eigenvalue weighted by molar-refractivity contribution is 6.31. The van der Waals surface area contributed by atoms with Crippen molar-refractivity contribution in [2.45, 2.75) is 33.2 Å². The molecule has 0 unspecified atom stereocenters. The number of nitrogens with one attached hydrogen (secondary N) is 2. The van der Waals surface area contributed by atoms with Gasteiger partial charge in [0.1, 0.15) is 17.3 Å². The smallest absolute Gasteiger partial charge is 0.330 e. The molecule has 10 heteroatoms. The normalized spacial score (nSPS) is 10.7. The summed E-state index contributed by atoms with van der Waals surface area (Å²) in [6.07, 6.45) is 1.59. The first-order valence-corrected chi connectivity index (χ1v) is 9.55. The summed E-state index contributed by atoms with van der Waals surface area (Å²) in [5.74, 6) is 0.0575. The van der Waals surface area contributed by atoms with Crippen LogP contribution in [0.1, 0.15) is 25.3 Å². The van der Waals surface area contributed by atoms with Crippen LogP contribution in [0.25, 0.3) is 0 Å². The van der Waals surface area contributed by atoms with Gasteiger partial charge in [0.05, 0.1) is 19.3 Å². The molecule has 1 heterocycles. The van der Waals surface area contributed by atoms with Crippen LogP contribution in [0, 0.1) is 6.92 Å². The Labute approximate surface area is 173 Å². The van der Waals surface area contributed by atoms with Gasteiger partial charge in [-0.1, -0.05) is 24.9 Å². The van der Waals surface area contributed by atoms with Gasteiger partial charge in [0.25, 0.3) is 5.56 Å². The zero-order valence-electron chi connectivity index (χ0n) is 17.0. The summed E-state index contributed by atoms with van der Waals surface area (Å²) in [5, 5.41) is 3.26. The molecule has 158 valence electrons. The third kappa shape index (κ3) is 5.11. The molecule has 2 aromatic rings. The van der Waals surface area contributed by atoms with Crippen LogP contribution in [0.5, 0.6) is 5.75 Å². The standard InChI is InChI=1S/C19H26ClN5O4/c1-5-6-7-25-17(21)16(18(27)23-19(25)28)24(3)10-15(26)22-13-8-11(2)12(20)9-14(13)29-4/h8-9H,5-7,10,21H2,1-4H3,(H,22,26)(H,23,27,28). The van der Waals surface area contributed by atoms with Gasteiger partial charge in [-0.2, -0.15) is 0 Å². The highest BCUT2D eigenvalue weighted by Crippen LogP contribution is 2.31. The number of benzene rings is 1. The van der Waals surface area contributed by atoms with E-state index in [9.17, 15) is 14.4 Å². The number of anilines is 3. The summed E-state index contributed by atoms with van der Waals surface area (Å²) in [7, 11) is 3.03. The molecule has 0 aliphatic carbocycles.